The van der Waals surface area contributed by atoms with Crippen LogP contribution in [-0.4, -0.2) is 54.7 Å². The zero-order valence-electron chi connectivity index (χ0n) is 19.1. The third-order valence-electron chi connectivity index (χ3n) is 6.04. The predicted molar refractivity (Wildman–Crippen MR) is 115 cm³/mol. The van der Waals surface area contributed by atoms with Crippen LogP contribution < -0.4 is 5.32 Å². The van der Waals surface area contributed by atoms with E-state index in [9.17, 15) is 9.59 Å². The van der Waals surface area contributed by atoms with Gasteiger partial charge >= 0.3 is 0 Å². The molecule has 0 aromatic carbocycles. The molecule has 3 rings (SSSR count). The molecule has 1 atom stereocenters. The predicted octanol–water partition coefficient (Wildman–Crippen LogP) is 2.72. The molecular formula is C23H31N3O5. The molecule has 1 N–H and O–H groups in total. The van der Waals surface area contributed by atoms with E-state index in [4.69, 9.17) is 14.0 Å². The first kappa shape index (κ1) is 22.8. The van der Waals surface area contributed by atoms with Gasteiger partial charge in [-0.25, -0.2) is 0 Å². The summed E-state index contributed by atoms with van der Waals surface area (Å²) in [5.74, 6) is 0.553. The Bertz CT molecular complexity index is 933. The van der Waals surface area contributed by atoms with Crippen molar-refractivity contribution >= 4 is 11.7 Å². The van der Waals surface area contributed by atoms with Crippen molar-refractivity contribution in [3.63, 3.8) is 0 Å². The summed E-state index contributed by atoms with van der Waals surface area (Å²) < 4.78 is 16.0. The number of hydrogen-bond acceptors (Lipinski definition) is 7. The van der Waals surface area contributed by atoms with E-state index in [-0.39, 0.29) is 24.3 Å². The van der Waals surface area contributed by atoms with Crippen molar-refractivity contribution in [2.24, 2.45) is 0 Å². The van der Waals surface area contributed by atoms with Crippen molar-refractivity contribution in [1.29, 1.82) is 0 Å². The van der Waals surface area contributed by atoms with Gasteiger partial charge in [-0.05, 0) is 32.8 Å². The van der Waals surface area contributed by atoms with E-state index >= 15 is 0 Å². The summed E-state index contributed by atoms with van der Waals surface area (Å²) >= 11 is 0. The molecule has 1 aromatic heterocycles. The second kappa shape index (κ2) is 9.51. The van der Waals surface area contributed by atoms with Gasteiger partial charge in [-0.3, -0.25) is 9.59 Å². The lowest BCUT2D eigenvalue weighted by Crippen LogP contribution is -2.43. The molecule has 0 saturated heterocycles. The van der Waals surface area contributed by atoms with Crippen LogP contribution in [0.5, 0.6) is 0 Å². The quantitative estimate of drug-likeness (QED) is 0.679. The molecule has 0 radical (unpaired) electrons. The fourth-order valence-corrected chi connectivity index (χ4v) is 4.21. The lowest BCUT2D eigenvalue weighted by Gasteiger charge is -2.37. The van der Waals surface area contributed by atoms with Crippen molar-refractivity contribution in [3.05, 3.63) is 51.8 Å². The highest BCUT2D eigenvalue weighted by molar-refractivity contribution is 6.13. The Labute approximate surface area is 182 Å². The summed E-state index contributed by atoms with van der Waals surface area (Å²) in [4.78, 5) is 28.7. The average Bonchev–Trinajstić information content (AvgIpc) is 3.09. The fourth-order valence-electron chi connectivity index (χ4n) is 4.21. The Morgan fingerprint density at radius 1 is 1.32 bits per heavy atom. The Balaban J connectivity index is 2.00. The number of carbonyl (C=O) groups excluding carboxylic acids is 2. The molecule has 1 aliphatic carbocycles. The van der Waals surface area contributed by atoms with E-state index in [1.54, 1.807) is 6.08 Å². The minimum Gasteiger partial charge on any atom is -0.498 e. The first-order chi connectivity index (χ1) is 14.9. The van der Waals surface area contributed by atoms with E-state index in [2.05, 4.69) is 29.2 Å². The fraction of sp³-hybridized carbons (Fsp3) is 0.522. The van der Waals surface area contributed by atoms with E-state index in [0.717, 1.165) is 24.1 Å². The van der Waals surface area contributed by atoms with Crippen molar-refractivity contribution in [1.82, 2.24) is 15.4 Å². The van der Waals surface area contributed by atoms with Gasteiger partial charge in [0.2, 0.25) is 11.7 Å². The number of nitrogens with zero attached hydrogens (tertiary/aromatic N) is 2. The van der Waals surface area contributed by atoms with Gasteiger partial charge in [-0.15, -0.1) is 0 Å². The number of ketones is 1. The van der Waals surface area contributed by atoms with Crippen LogP contribution in [-0.2, 0) is 25.6 Å². The van der Waals surface area contributed by atoms with Crippen LogP contribution in [0.3, 0.4) is 0 Å². The molecule has 1 amide bonds. The van der Waals surface area contributed by atoms with E-state index in [1.807, 2.05) is 20.0 Å². The Morgan fingerprint density at radius 3 is 2.58 bits per heavy atom. The molecule has 31 heavy (non-hydrogen) atoms. The van der Waals surface area contributed by atoms with Crippen molar-refractivity contribution < 1.29 is 23.6 Å². The minimum atomic E-state index is -0.859. The lowest BCUT2D eigenvalue weighted by atomic mass is 9.84. The number of nitrogens with one attached hydrogen (secondary N) is 1. The molecule has 0 fully saturated rings. The number of ether oxygens (including phenoxy) is 2. The Hall–Kier alpha value is -2.87. The van der Waals surface area contributed by atoms with Crippen LogP contribution in [0.15, 0.2) is 39.3 Å². The van der Waals surface area contributed by atoms with E-state index in [1.165, 1.54) is 14.2 Å². The van der Waals surface area contributed by atoms with E-state index < -0.39 is 6.10 Å². The number of hydrogen-bond donors (Lipinski definition) is 1. The average molecular weight is 430 g/mol. The van der Waals surface area contributed by atoms with Gasteiger partial charge < -0.3 is 24.2 Å². The van der Waals surface area contributed by atoms with Crippen LogP contribution in [0.25, 0.3) is 0 Å². The molecule has 2 heterocycles. The number of amides is 1. The summed E-state index contributed by atoms with van der Waals surface area (Å²) in [5.41, 5.74) is 3.09. The van der Waals surface area contributed by atoms with Gasteiger partial charge in [-0.1, -0.05) is 19.0 Å². The van der Waals surface area contributed by atoms with Crippen molar-refractivity contribution in [2.75, 3.05) is 20.8 Å². The maximum absolute atomic E-state index is 13.3. The van der Waals surface area contributed by atoms with Crippen molar-refractivity contribution in [3.8, 4) is 0 Å². The number of allylic oxidation sites excluding steroid dienone is 2. The van der Waals surface area contributed by atoms with Gasteiger partial charge in [-0.2, -0.15) is 0 Å². The zero-order chi connectivity index (χ0) is 22.7. The topological polar surface area (TPSA) is 93.9 Å². The van der Waals surface area contributed by atoms with Crippen LogP contribution in [0.1, 0.15) is 43.7 Å². The lowest BCUT2D eigenvalue weighted by molar-refractivity contribution is -0.126. The van der Waals surface area contributed by atoms with Gasteiger partial charge in [0, 0.05) is 54.7 Å². The molecule has 0 spiro atoms. The smallest absolute Gasteiger partial charge is 0.250 e. The first-order valence-corrected chi connectivity index (χ1v) is 10.6. The second-order valence-corrected chi connectivity index (χ2v) is 7.80. The highest BCUT2D eigenvalue weighted by Crippen LogP contribution is 2.34. The van der Waals surface area contributed by atoms with Gasteiger partial charge in [0.1, 0.15) is 11.5 Å². The highest BCUT2D eigenvalue weighted by atomic mass is 16.5. The molecule has 2 aliphatic rings. The number of rotatable bonds is 8. The van der Waals surface area contributed by atoms with E-state index in [0.29, 0.717) is 34.8 Å². The third kappa shape index (κ3) is 4.30. The minimum absolute atomic E-state index is 0.258. The number of Topliss-reactive ketones (excluding diaryl/α,β-unsaturated/α-hetero) is 1. The van der Waals surface area contributed by atoms with Crippen LogP contribution in [0, 0.1) is 13.8 Å². The molecule has 8 heteroatoms. The molecule has 8 nitrogen and oxygen atoms in total. The molecule has 0 saturated carbocycles. The van der Waals surface area contributed by atoms with Crippen molar-refractivity contribution in [2.45, 2.75) is 59.2 Å². The van der Waals surface area contributed by atoms with Crippen LogP contribution in [0.2, 0.25) is 0 Å². The standard InChI is InChI=1S/C23H31N3O5/c1-7-16(8-2)26-11-15-9-19(29-5)22(30-6)21(27)20(15)18(12-26)23(28)24-10-17-13(3)25-31-14(17)4/h9,11,16,22H,7-8,10,12H2,1-6H3,(H,24,28). The Morgan fingerprint density at radius 2 is 2.03 bits per heavy atom. The van der Waals surface area contributed by atoms with Crippen LogP contribution >= 0.6 is 0 Å². The molecule has 1 aliphatic heterocycles. The molecular weight excluding hydrogens is 398 g/mol. The normalized spacial score (nSPS) is 18.7. The Kier molecular flexibility index (Phi) is 7.00. The largest absolute Gasteiger partial charge is 0.498 e. The van der Waals surface area contributed by atoms with Gasteiger partial charge in [0.05, 0.1) is 12.8 Å². The zero-order valence-corrected chi connectivity index (χ0v) is 19.1. The van der Waals surface area contributed by atoms with Crippen LogP contribution in [0.4, 0.5) is 0 Å². The highest BCUT2D eigenvalue weighted by Gasteiger charge is 2.39. The van der Waals surface area contributed by atoms with Gasteiger partial charge in [0.25, 0.3) is 0 Å². The maximum atomic E-state index is 13.3. The number of fused-ring (bicyclic) bond motifs is 1. The molecule has 1 unspecified atom stereocenters. The number of aromatic nitrogens is 1. The van der Waals surface area contributed by atoms with Gasteiger partial charge in [0.15, 0.2) is 6.10 Å². The summed E-state index contributed by atoms with van der Waals surface area (Å²) in [5, 5.41) is 6.88. The maximum Gasteiger partial charge on any atom is 0.250 e. The second-order valence-electron chi connectivity index (χ2n) is 7.80. The summed E-state index contributed by atoms with van der Waals surface area (Å²) in [7, 11) is 2.97. The molecule has 0 bridgehead atoms. The molecule has 168 valence electrons. The monoisotopic (exact) mass is 429 g/mol. The first-order valence-electron chi connectivity index (χ1n) is 10.6. The summed E-state index contributed by atoms with van der Waals surface area (Å²) in [6.45, 7) is 8.52. The molecule has 1 aromatic rings. The number of methoxy groups -OCH3 is 2. The third-order valence-corrected chi connectivity index (χ3v) is 6.04. The number of aryl methyl sites for hydroxylation is 2. The number of carbonyl (C=O) groups is 2. The summed E-state index contributed by atoms with van der Waals surface area (Å²) in [6, 6.07) is 0.258. The SMILES string of the molecule is CCC(CC)N1C=C2C=C(OC)C(OC)C(=O)C2=C(C(=O)NCc2c(C)noc2C)C1. The summed E-state index contributed by atoms with van der Waals surface area (Å²) in [6.07, 6.45) is 4.75.